The first kappa shape index (κ1) is 28.3. The second-order valence-corrected chi connectivity index (χ2v) is 11.6. The van der Waals surface area contributed by atoms with Crippen molar-refractivity contribution in [2.24, 2.45) is 0 Å². The zero-order valence-electron chi connectivity index (χ0n) is 23.1. The first-order valence-corrected chi connectivity index (χ1v) is 14.4. The molecule has 0 aliphatic carbocycles. The summed E-state index contributed by atoms with van der Waals surface area (Å²) in [5.74, 6) is 0.279. The third-order valence-corrected chi connectivity index (χ3v) is 7.88. The number of hydrogen-bond acceptors (Lipinski definition) is 8. The highest BCUT2D eigenvalue weighted by molar-refractivity contribution is 7.90. The molecule has 0 aliphatic heterocycles. The number of hydrogen-bond donors (Lipinski definition) is 2. The number of carbonyl (C=O) groups excluding carboxylic acids is 1. The van der Waals surface area contributed by atoms with Gasteiger partial charge in [-0.15, -0.1) is 0 Å². The number of nitrogens with one attached hydrogen (secondary N) is 2. The fourth-order valence-electron chi connectivity index (χ4n) is 4.20. The van der Waals surface area contributed by atoms with Crippen LogP contribution in [0.1, 0.15) is 25.0 Å². The normalized spacial score (nSPS) is 11.3. The van der Waals surface area contributed by atoms with Crippen LogP contribution in [0.5, 0.6) is 0 Å². The number of anilines is 2. The van der Waals surface area contributed by atoms with Crippen molar-refractivity contribution in [3.05, 3.63) is 102 Å². The van der Waals surface area contributed by atoms with Crippen molar-refractivity contribution in [1.29, 1.82) is 0 Å². The lowest BCUT2D eigenvalue weighted by Gasteiger charge is -2.10. The largest absolute Gasteiger partial charge is 0.444 e. The molecule has 0 saturated heterocycles. The van der Waals surface area contributed by atoms with Crippen LogP contribution in [-0.2, 0) is 21.4 Å². The van der Waals surface area contributed by atoms with Crippen LogP contribution in [0, 0.1) is 13.5 Å². The van der Waals surface area contributed by atoms with Gasteiger partial charge in [-0.3, -0.25) is 5.32 Å². The molecule has 11 nitrogen and oxygen atoms in total. The van der Waals surface area contributed by atoms with Crippen LogP contribution < -0.4 is 10.6 Å². The summed E-state index contributed by atoms with van der Waals surface area (Å²) < 4.78 is 33.9. The van der Waals surface area contributed by atoms with Gasteiger partial charge in [0.2, 0.25) is 11.6 Å². The molecule has 0 fully saturated rings. The maximum Gasteiger partial charge on any atom is 0.412 e. The Bertz CT molecular complexity index is 1910. The standard InChI is InChI=1S/C30H27N7O4S/c1-19(2)34-29-33-16-26(31-4)27(36-29)25-17-37(42(39,40)23-12-10-20(3)11-13-23)28-24(25)14-22(15-32-28)35-30(38)41-18-21-8-6-5-7-9-21/h5-17,19H,18H2,1-3H3,(H,35,38)(H,33,34,36). The Morgan fingerprint density at radius 3 is 2.50 bits per heavy atom. The molecule has 2 N–H and O–H groups in total. The summed E-state index contributed by atoms with van der Waals surface area (Å²) in [5.41, 5.74) is 2.77. The third kappa shape index (κ3) is 5.91. The third-order valence-electron chi connectivity index (χ3n) is 6.21. The second kappa shape index (κ2) is 11.7. The molecule has 3 heterocycles. The van der Waals surface area contributed by atoms with E-state index in [-0.39, 0.29) is 46.2 Å². The number of ether oxygens (including phenoxy) is 1. The number of aryl methyl sites for hydroxylation is 1. The molecule has 5 rings (SSSR count). The number of amides is 1. The minimum absolute atomic E-state index is 0.0132. The van der Waals surface area contributed by atoms with Gasteiger partial charge in [0.15, 0.2) is 5.65 Å². The molecular formula is C30H27N7O4S. The van der Waals surface area contributed by atoms with Crippen LogP contribution >= 0.6 is 0 Å². The zero-order valence-corrected chi connectivity index (χ0v) is 23.9. The Hall–Kier alpha value is -5.28. The van der Waals surface area contributed by atoms with Gasteiger partial charge in [-0.2, -0.15) is 0 Å². The van der Waals surface area contributed by atoms with Crippen LogP contribution in [0.4, 0.5) is 22.1 Å². The van der Waals surface area contributed by atoms with E-state index in [0.29, 0.717) is 10.9 Å². The number of pyridine rings is 1. The lowest BCUT2D eigenvalue weighted by molar-refractivity contribution is 0.155. The van der Waals surface area contributed by atoms with E-state index in [1.165, 1.54) is 30.7 Å². The molecular weight excluding hydrogens is 554 g/mol. The molecule has 12 heteroatoms. The van der Waals surface area contributed by atoms with E-state index in [2.05, 4.69) is 30.4 Å². The van der Waals surface area contributed by atoms with Gasteiger partial charge in [0.05, 0.1) is 29.0 Å². The quantitative estimate of drug-likeness (QED) is 0.208. The van der Waals surface area contributed by atoms with E-state index >= 15 is 0 Å². The minimum atomic E-state index is -4.09. The minimum Gasteiger partial charge on any atom is -0.444 e. The molecule has 0 unspecified atom stereocenters. The Balaban J connectivity index is 1.61. The topological polar surface area (TPSA) is 132 Å². The van der Waals surface area contributed by atoms with Gasteiger partial charge in [0.1, 0.15) is 6.61 Å². The van der Waals surface area contributed by atoms with Crippen LogP contribution in [0.15, 0.2) is 84.1 Å². The Morgan fingerprint density at radius 1 is 1.07 bits per heavy atom. The van der Waals surface area contributed by atoms with Crippen molar-refractivity contribution in [2.75, 3.05) is 10.6 Å². The lowest BCUT2D eigenvalue weighted by atomic mass is 10.1. The summed E-state index contributed by atoms with van der Waals surface area (Å²) in [5, 5.41) is 6.11. The molecule has 3 aromatic heterocycles. The van der Waals surface area contributed by atoms with Crippen molar-refractivity contribution in [1.82, 2.24) is 18.9 Å². The van der Waals surface area contributed by atoms with Gasteiger partial charge in [-0.05, 0) is 44.5 Å². The first-order valence-electron chi connectivity index (χ1n) is 13.0. The average molecular weight is 582 g/mol. The monoisotopic (exact) mass is 581 g/mol. The van der Waals surface area contributed by atoms with E-state index in [1.807, 2.05) is 51.1 Å². The van der Waals surface area contributed by atoms with Crippen LogP contribution in [0.2, 0.25) is 0 Å². The van der Waals surface area contributed by atoms with E-state index in [0.717, 1.165) is 15.1 Å². The van der Waals surface area contributed by atoms with Crippen LogP contribution in [-0.4, -0.2) is 39.5 Å². The molecule has 0 spiro atoms. The molecule has 0 radical (unpaired) electrons. The van der Waals surface area contributed by atoms with Gasteiger partial charge < -0.3 is 10.1 Å². The molecule has 212 valence electrons. The maximum atomic E-state index is 13.8. The first-order chi connectivity index (χ1) is 20.2. The molecule has 0 atom stereocenters. The highest BCUT2D eigenvalue weighted by Gasteiger charge is 2.25. The number of aromatic nitrogens is 4. The molecule has 0 saturated carbocycles. The summed E-state index contributed by atoms with van der Waals surface area (Å²) in [6, 6.07) is 17.3. The molecule has 5 aromatic rings. The fraction of sp³-hybridized carbons (Fsp3) is 0.167. The second-order valence-electron chi connectivity index (χ2n) is 9.78. The van der Waals surface area contributed by atoms with Crippen molar-refractivity contribution in [3.63, 3.8) is 0 Å². The summed E-state index contributed by atoms with van der Waals surface area (Å²) >= 11 is 0. The summed E-state index contributed by atoms with van der Waals surface area (Å²) in [4.78, 5) is 29.4. The molecule has 1 amide bonds. The summed E-state index contributed by atoms with van der Waals surface area (Å²) in [7, 11) is -4.09. The van der Waals surface area contributed by atoms with Crippen LogP contribution in [0.3, 0.4) is 0 Å². The number of fused-ring (bicyclic) bond motifs is 1. The maximum absolute atomic E-state index is 13.8. The van der Waals surface area contributed by atoms with Gasteiger partial charge in [-0.25, -0.2) is 37.0 Å². The van der Waals surface area contributed by atoms with Gasteiger partial charge in [0.25, 0.3) is 10.0 Å². The van der Waals surface area contributed by atoms with Gasteiger partial charge in [0, 0.05) is 29.4 Å². The molecule has 0 aliphatic rings. The average Bonchev–Trinajstić information content (AvgIpc) is 3.36. The highest BCUT2D eigenvalue weighted by Crippen LogP contribution is 2.37. The van der Waals surface area contributed by atoms with E-state index in [9.17, 15) is 13.2 Å². The van der Waals surface area contributed by atoms with E-state index < -0.39 is 16.1 Å². The van der Waals surface area contributed by atoms with Gasteiger partial charge in [-0.1, -0.05) is 48.0 Å². The molecule has 2 aromatic carbocycles. The fourth-order valence-corrected chi connectivity index (χ4v) is 5.53. The number of carbonyl (C=O) groups is 1. The zero-order chi connectivity index (χ0) is 29.9. The van der Waals surface area contributed by atoms with E-state index in [1.54, 1.807) is 18.2 Å². The SMILES string of the molecule is [C-]#[N+]c1cnc(NC(C)C)nc1-c1cn(S(=O)(=O)c2ccc(C)cc2)c2ncc(NC(=O)OCc3ccccc3)cc12. The number of rotatable bonds is 8. The van der Waals surface area contributed by atoms with Crippen molar-refractivity contribution < 1.29 is 17.9 Å². The number of benzene rings is 2. The lowest BCUT2D eigenvalue weighted by Crippen LogP contribution is -2.14. The van der Waals surface area contributed by atoms with Crippen molar-refractivity contribution in [3.8, 4) is 11.3 Å². The summed E-state index contributed by atoms with van der Waals surface area (Å²) in [6.45, 7) is 13.5. The smallest absolute Gasteiger partial charge is 0.412 e. The highest BCUT2D eigenvalue weighted by atomic mass is 32.2. The summed E-state index contributed by atoms with van der Waals surface area (Å²) in [6.07, 6.45) is 3.41. The number of nitrogens with zero attached hydrogens (tertiary/aromatic N) is 5. The predicted octanol–water partition coefficient (Wildman–Crippen LogP) is 6.16. The van der Waals surface area contributed by atoms with E-state index in [4.69, 9.17) is 11.3 Å². The Labute approximate surface area is 243 Å². The Kier molecular flexibility index (Phi) is 7.86. The van der Waals surface area contributed by atoms with Crippen LogP contribution in [0.25, 0.3) is 27.1 Å². The molecule has 0 bridgehead atoms. The van der Waals surface area contributed by atoms with Crippen molar-refractivity contribution in [2.45, 2.75) is 38.3 Å². The van der Waals surface area contributed by atoms with Gasteiger partial charge >= 0.3 is 6.09 Å². The van der Waals surface area contributed by atoms with Crippen molar-refractivity contribution >= 4 is 44.5 Å². The predicted molar refractivity (Wildman–Crippen MR) is 160 cm³/mol. The Morgan fingerprint density at radius 2 is 1.81 bits per heavy atom. The molecule has 42 heavy (non-hydrogen) atoms.